The number of hydrogen-bond acceptors (Lipinski definition) is 5. The summed E-state index contributed by atoms with van der Waals surface area (Å²) in [5.74, 6) is -0.780. The smallest absolute Gasteiger partial charge is 0.242 e. The molecule has 27 heavy (non-hydrogen) atoms. The molecule has 1 atom stereocenters. The van der Waals surface area contributed by atoms with Gasteiger partial charge in [0, 0.05) is 11.3 Å². The van der Waals surface area contributed by atoms with E-state index in [1.807, 2.05) is 31.2 Å². The van der Waals surface area contributed by atoms with Gasteiger partial charge in [0.1, 0.15) is 10.3 Å². The summed E-state index contributed by atoms with van der Waals surface area (Å²) in [6.07, 6.45) is 1.29. The van der Waals surface area contributed by atoms with E-state index in [1.165, 1.54) is 18.6 Å². The summed E-state index contributed by atoms with van der Waals surface area (Å²) < 4.78 is 25.1. The van der Waals surface area contributed by atoms with Crippen LogP contribution >= 0.6 is 11.3 Å². The summed E-state index contributed by atoms with van der Waals surface area (Å²) in [6.45, 7) is 6.84. The van der Waals surface area contributed by atoms with Gasteiger partial charge in [0.15, 0.2) is 9.84 Å². The Morgan fingerprint density at radius 2 is 1.96 bits per heavy atom. The fraction of sp³-hybridized carbons (Fsp3) is 0.200. The van der Waals surface area contributed by atoms with Crippen molar-refractivity contribution >= 4 is 43.0 Å². The number of carbonyl (C=O) groups excluding carboxylic acids is 1. The Kier molecular flexibility index (Phi) is 5.43. The fourth-order valence-corrected chi connectivity index (χ4v) is 4.64. The molecule has 0 saturated carbocycles. The zero-order valence-electron chi connectivity index (χ0n) is 15.1. The molecule has 0 saturated heterocycles. The zero-order valence-corrected chi connectivity index (χ0v) is 16.7. The average Bonchev–Trinajstić information content (AvgIpc) is 3.04. The van der Waals surface area contributed by atoms with E-state index in [4.69, 9.17) is 0 Å². The maximum Gasteiger partial charge on any atom is 0.242 e. The lowest BCUT2D eigenvalue weighted by Crippen LogP contribution is -2.33. The van der Waals surface area contributed by atoms with Crippen LogP contribution in [0, 0.1) is 6.92 Å². The Balaban J connectivity index is 1.76. The third-order valence-corrected chi connectivity index (χ3v) is 7.26. The summed E-state index contributed by atoms with van der Waals surface area (Å²) in [4.78, 5) is 16.8. The number of carbonyl (C=O) groups is 1. The number of aryl methyl sites for hydroxylation is 1. The Morgan fingerprint density at radius 3 is 2.63 bits per heavy atom. The predicted molar refractivity (Wildman–Crippen MR) is 112 cm³/mol. The molecule has 5 nitrogen and oxygen atoms in total. The summed E-state index contributed by atoms with van der Waals surface area (Å²) in [5, 5.41) is 2.41. The third kappa shape index (κ3) is 4.26. The maximum atomic E-state index is 12.2. The van der Waals surface area contributed by atoms with Gasteiger partial charge in [-0.1, -0.05) is 12.1 Å². The normalized spacial score (nSPS) is 12.7. The van der Waals surface area contributed by atoms with Gasteiger partial charge >= 0.3 is 0 Å². The SMILES string of the molecule is C=CCS(=O)(=O)C(C)C(=O)Nc1ccc(-c2nc3ccc(C)cc3s2)cc1. The standard InChI is InChI=1S/C20H20N2O3S2/c1-4-11-27(24,25)14(3)19(23)21-16-8-6-15(7-9-16)20-22-17-10-5-13(2)12-18(17)26-20/h4-10,12,14H,1,11H2,2-3H3,(H,21,23). The number of hydrogen-bond donors (Lipinski definition) is 1. The minimum Gasteiger partial charge on any atom is -0.325 e. The summed E-state index contributed by atoms with van der Waals surface area (Å²) in [7, 11) is -3.54. The first-order valence-electron chi connectivity index (χ1n) is 8.41. The van der Waals surface area contributed by atoms with Crippen molar-refractivity contribution in [3.05, 3.63) is 60.7 Å². The minimum absolute atomic E-state index is 0.225. The number of aromatic nitrogens is 1. The van der Waals surface area contributed by atoms with Crippen molar-refractivity contribution in [1.82, 2.24) is 4.98 Å². The zero-order chi connectivity index (χ0) is 19.6. The van der Waals surface area contributed by atoms with Gasteiger partial charge in [-0.05, 0) is 55.8 Å². The fourth-order valence-electron chi connectivity index (χ4n) is 2.57. The van der Waals surface area contributed by atoms with Crippen molar-refractivity contribution < 1.29 is 13.2 Å². The van der Waals surface area contributed by atoms with Crippen LogP contribution in [0.3, 0.4) is 0 Å². The van der Waals surface area contributed by atoms with Crippen LogP contribution in [-0.4, -0.2) is 30.3 Å². The molecule has 1 heterocycles. The molecular formula is C20H20N2O3S2. The van der Waals surface area contributed by atoms with Crippen molar-refractivity contribution in [2.75, 3.05) is 11.1 Å². The minimum atomic E-state index is -3.54. The van der Waals surface area contributed by atoms with E-state index in [9.17, 15) is 13.2 Å². The summed E-state index contributed by atoms with van der Waals surface area (Å²) in [6, 6.07) is 13.4. The summed E-state index contributed by atoms with van der Waals surface area (Å²) in [5.41, 5.74) is 3.64. The number of anilines is 1. The van der Waals surface area contributed by atoms with Crippen LogP contribution < -0.4 is 5.32 Å². The van der Waals surface area contributed by atoms with Gasteiger partial charge < -0.3 is 5.32 Å². The van der Waals surface area contributed by atoms with Crippen LogP contribution in [0.25, 0.3) is 20.8 Å². The van der Waals surface area contributed by atoms with Crippen LogP contribution in [0.5, 0.6) is 0 Å². The molecule has 0 radical (unpaired) electrons. The molecule has 0 aliphatic carbocycles. The predicted octanol–water partition coefficient (Wildman–Crippen LogP) is 4.20. The molecule has 0 spiro atoms. The van der Waals surface area contributed by atoms with Gasteiger partial charge in [-0.3, -0.25) is 4.79 Å². The second kappa shape index (κ2) is 7.62. The van der Waals surface area contributed by atoms with Crippen molar-refractivity contribution in [3.8, 4) is 10.6 Å². The van der Waals surface area contributed by atoms with E-state index in [0.29, 0.717) is 5.69 Å². The Bertz CT molecular complexity index is 1100. The first-order valence-corrected chi connectivity index (χ1v) is 10.9. The molecule has 0 fully saturated rings. The molecule has 0 aliphatic rings. The second-order valence-corrected chi connectivity index (χ2v) is 9.71. The van der Waals surface area contributed by atoms with Crippen LogP contribution in [-0.2, 0) is 14.6 Å². The monoisotopic (exact) mass is 400 g/mol. The highest BCUT2D eigenvalue weighted by atomic mass is 32.2. The Hall–Kier alpha value is -2.51. The van der Waals surface area contributed by atoms with E-state index in [-0.39, 0.29) is 5.75 Å². The van der Waals surface area contributed by atoms with Gasteiger partial charge in [0.2, 0.25) is 5.91 Å². The van der Waals surface area contributed by atoms with Gasteiger partial charge in [0.25, 0.3) is 0 Å². The van der Waals surface area contributed by atoms with Crippen molar-refractivity contribution in [1.29, 1.82) is 0 Å². The number of thiazole rings is 1. The maximum absolute atomic E-state index is 12.2. The molecule has 3 aromatic rings. The lowest BCUT2D eigenvalue weighted by molar-refractivity contribution is -0.115. The topological polar surface area (TPSA) is 76.1 Å². The number of rotatable bonds is 6. The highest BCUT2D eigenvalue weighted by Crippen LogP contribution is 2.31. The van der Waals surface area contributed by atoms with Crippen molar-refractivity contribution in [3.63, 3.8) is 0 Å². The first-order chi connectivity index (χ1) is 12.8. The van der Waals surface area contributed by atoms with Gasteiger partial charge in [0.05, 0.1) is 16.0 Å². The largest absolute Gasteiger partial charge is 0.325 e. The second-order valence-electron chi connectivity index (χ2n) is 6.32. The number of nitrogens with one attached hydrogen (secondary N) is 1. The average molecular weight is 401 g/mol. The van der Waals surface area contributed by atoms with Gasteiger partial charge in [-0.25, -0.2) is 13.4 Å². The number of sulfone groups is 1. The number of amides is 1. The van der Waals surface area contributed by atoms with E-state index >= 15 is 0 Å². The van der Waals surface area contributed by atoms with Crippen molar-refractivity contribution in [2.24, 2.45) is 0 Å². The van der Waals surface area contributed by atoms with Crippen LogP contribution in [0.15, 0.2) is 55.1 Å². The molecule has 1 aromatic heterocycles. The highest BCUT2D eigenvalue weighted by Gasteiger charge is 2.26. The lowest BCUT2D eigenvalue weighted by atomic mass is 10.2. The highest BCUT2D eigenvalue weighted by molar-refractivity contribution is 7.92. The molecule has 3 rings (SSSR count). The molecule has 1 N–H and O–H groups in total. The Labute approximate surface area is 162 Å². The quantitative estimate of drug-likeness (QED) is 0.629. The van der Waals surface area contributed by atoms with Crippen LogP contribution in [0.2, 0.25) is 0 Å². The third-order valence-electron chi connectivity index (χ3n) is 4.20. The lowest BCUT2D eigenvalue weighted by Gasteiger charge is -2.12. The van der Waals surface area contributed by atoms with Gasteiger partial charge in [-0.2, -0.15) is 0 Å². The molecule has 0 bridgehead atoms. The summed E-state index contributed by atoms with van der Waals surface area (Å²) >= 11 is 1.61. The molecule has 2 aromatic carbocycles. The van der Waals surface area contributed by atoms with Gasteiger partial charge in [-0.15, -0.1) is 17.9 Å². The van der Waals surface area contributed by atoms with Crippen molar-refractivity contribution in [2.45, 2.75) is 19.1 Å². The molecular weight excluding hydrogens is 380 g/mol. The molecule has 140 valence electrons. The van der Waals surface area contributed by atoms with E-state index in [0.717, 1.165) is 20.8 Å². The first kappa shape index (κ1) is 19.3. The van der Waals surface area contributed by atoms with Crippen LogP contribution in [0.1, 0.15) is 12.5 Å². The molecule has 1 amide bonds. The van der Waals surface area contributed by atoms with E-state index in [2.05, 4.69) is 22.9 Å². The van der Waals surface area contributed by atoms with E-state index < -0.39 is 21.0 Å². The molecule has 1 unspecified atom stereocenters. The Morgan fingerprint density at radius 1 is 1.26 bits per heavy atom. The number of nitrogens with zero attached hydrogens (tertiary/aromatic N) is 1. The van der Waals surface area contributed by atoms with E-state index in [1.54, 1.807) is 23.5 Å². The molecule has 7 heteroatoms. The number of benzene rings is 2. The van der Waals surface area contributed by atoms with Crippen LogP contribution in [0.4, 0.5) is 5.69 Å². The number of fused-ring (bicyclic) bond motifs is 1. The molecule has 0 aliphatic heterocycles.